The molecule has 3 aromatic rings. The van der Waals surface area contributed by atoms with Gasteiger partial charge in [0.15, 0.2) is 0 Å². The molecule has 1 N–H and O–H groups in total. The smallest absolute Gasteiger partial charge is 0.251 e. The Hall–Kier alpha value is -3.04. The number of amides is 1. The van der Waals surface area contributed by atoms with Crippen LogP contribution in [0.1, 0.15) is 16.1 Å². The van der Waals surface area contributed by atoms with Crippen LogP contribution in [0, 0.1) is 0 Å². The second kappa shape index (κ2) is 7.91. The molecule has 2 heterocycles. The molecule has 0 radical (unpaired) electrons. The summed E-state index contributed by atoms with van der Waals surface area (Å²) in [6.07, 6.45) is 3.40. The normalized spacial score (nSPS) is 11.6. The lowest BCUT2D eigenvalue weighted by Gasteiger charge is -2.11. The van der Waals surface area contributed by atoms with Gasteiger partial charge in [0.25, 0.3) is 5.91 Å². The van der Waals surface area contributed by atoms with Crippen LogP contribution in [0.5, 0.6) is 0 Å². The first-order valence-corrected chi connectivity index (χ1v) is 9.97. The quantitative estimate of drug-likeness (QED) is 0.680. The van der Waals surface area contributed by atoms with Crippen LogP contribution in [0.15, 0.2) is 59.8 Å². The van der Waals surface area contributed by atoms with Crippen LogP contribution in [-0.4, -0.2) is 47.5 Å². The van der Waals surface area contributed by atoms with Gasteiger partial charge in [-0.15, -0.1) is 0 Å². The first-order chi connectivity index (χ1) is 13.3. The number of hydrogen-bond acceptors (Lipinski definition) is 5. The van der Waals surface area contributed by atoms with Crippen molar-refractivity contribution in [2.24, 2.45) is 7.05 Å². The minimum Gasteiger partial charge on any atom is -0.346 e. The van der Waals surface area contributed by atoms with Gasteiger partial charge in [0.05, 0.1) is 22.8 Å². The standard InChI is InChI=1S/C19H21N5O3S/c1-23(2)28(26,27)17-6-4-15(5-7-17)19(25)21-13-16-12-18(22-24(16)3)14-8-10-20-11-9-14/h4-12H,13H2,1-3H3,(H,21,25). The number of hydrogen-bond donors (Lipinski definition) is 1. The van der Waals surface area contributed by atoms with Gasteiger partial charge in [-0.25, -0.2) is 12.7 Å². The Balaban J connectivity index is 1.69. The van der Waals surface area contributed by atoms with E-state index in [9.17, 15) is 13.2 Å². The number of aromatic nitrogens is 3. The number of pyridine rings is 1. The molecule has 2 aromatic heterocycles. The van der Waals surface area contributed by atoms with Crippen molar-refractivity contribution in [3.63, 3.8) is 0 Å². The van der Waals surface area contributed by atoms with E-state index in [0.29, 0.717) is 12.1 Å². The lowest BCUT2D eigenvalue weighted by Crippen LogP contribution is -2.25. The number of carbonyl (C=O) groups excluding carboxylic acids is 1. The molecule has 0 unspecified atom stereocenters. The molecule has 1 aromatic carbocycles. The Morgan fingerprint density at radius 2 is 1.75 bits per heavy atom. The molecule has 28 heavy (non-hydrogen) atoms. The van der Waals surface area contributed by atoms with Crippen LogP contribution >= 0.6 is 0 Å². The maximum absolute atomic E-state index is 12.4. The molecule has 146 valence electrons. The van der Waals surface area contributed by atoms with Crippen molar-refractivity contribution in [1.29, 1.82) is 0 Å². The molecule has 0 saturated heterocycles. The Morgan fingerprint density at radius 3 is 2.36 bits per heavy atom. The molecule has 0 aliphatic heterocycles. The van der Waals surface area contributed by atoms with E-state index < -0.39 is 10.0 Å². The van der Waals surface area contributed by atoms with Crippen molar-refractivity contribution in [2.45, 2.75) is 11.4 Å². The molecular weight excluding hydrogens is 378 g/mol. The van der Waals surface area contributed by atoms with E-state index in [-0.39, 0.29) is 10.8 Å². The third-order valence-electron chi connectivity index (χ3n) is 4.28. The average molecular weight is 399 g/mol. The van der Waals surface area contributed by atoms with Crippen LogP contribution in [0.25, 0.3) is 11.3 Å². The lowest BCUT2D eigenvalue weighted by molar-refractivity contribution is 0.0950. The maximum Gasteiger partial charge on any atom is 0.251 e. The van der Waals surface area contributed by atoms with Crippen LogP contribution < -0.4 is 5.32 Å². The van der Waals surface area contributed by atoms with Crippen molar-refractivity contribution in [3.05, 3.63) is 66.1 Å². The summed E-state index contributed by atoms with van der Waals surface area (Å²) in [7, 11) is 1.22. The summed E-state index contributed by atoms with van der Waals surface area (Å²) in [5, 5.41) is 7.28. The number of sulfonamides is 1. The fraction of sp³-hybridized carbons (Fsp3) is 0.211. The van der Waals surface area contributed by atoms with E-state index in [1.165, 1.54) is 38.4 Å². The Morgan fingerprint density at radius 1 is 1.11 bits per heavy atom. The number of benzene rings is 1. The van der Waals surface area contributed by atoms with Gasteiger partial charge in [0.2, 0.25) is 10.0 Å². The average Bonchev–Trinajstić information content (AvgIpc) is 3.07. The van der Waals surface area contributed by atoms with Crippen LogP contribution in [0.2, 0.25) is 0 Å². The van der Waals surface area contributed by atoms with Crippen molar-refractivity contribution in [2.75, 3.05) is 14.1 Å². The molecule has 0 spiro atoms. The summed E-state index contributed by atoms with van der Waals surface area (Å²) in [5.74, 6) is -0.291. The van der Waals surface area contributed by atoms with Crippen LogP contribution in [0.4, 0.5) is 0 Å². The summed E-state index contributed by atoms with van der Waals surface area (Å²) in [5.41, 5.74) is 2.97. The van der Waals surface area contributed by atoms with E-state index in [4.69, 9.17) is 0 Å². The third kappa shape index (κ3) is 4.10. The highest BCUT2D eigenvalue weighted by molar-refractivity contribution is 7.89. The number of nitrogens with one attached hydrogen (secondary N) is 1. The third-order valence-corrected chi connectivity index (χ3v) is 6.11. The predicted molar refractivity (Wildman–Crippen MR) is 105 cm³/mol. The highest BCUT2D eigenvalue weighted by Crippen LogP contribution is 2.18. The van der Waals surface area contributed by atoms with Gasteiger partial charge in [-0.05, 0) is 42.5 Å². The summed E-state index contributed by atoms with van der Waals surface area (Å²) >= 11 is 0. The molecule has 0 aliphatic rings. The van der Waals surface area contributed by atoms with Crippen LogP contribution in [0.3, 0.4) is 0 Å². The summed E-state index contributed by atoms with van der Waals surface area (Å²) in [6, 6.07) is 11.5. The SMILES string of the molecule is CN(C)S(=O)(=O)c1ccc(C(=O)NCc2cc(-c3ccncc3)nn2C)cc1. The minimum absolute atomic E-state index is 0.141. The Labute approximate surface area is 163 Å². The molecule has 1 amide bonds. The Bertz CT molecular complexity index is 1070. The zero-order valence-electron chi connectivity index (χ0n) is 15.8. The monoisotopic (exact) mass is 399 g/mol. The van der Waals surface area contributed by atoms with E-state index in [2.05, 4.69) is 15.4 Å². The van der Waals surface area contributed by atoms with Crippen molar-refractivity contribution in [3.8, 4) is 11.3 Å². The maximum atomic E-state index is 12.4. The fourth-order valence-electron chi connectivity index (χ4n) is 2.60. The molecule has 0 atom stereocenters. The zero-order chi connectivity index (χ0) is 20.3. The van der Waals surface area contributed by atoms with E-state index >= 15 is 0 Å². The van der Waals surface area contributed by atoms with E-state index in [1.807, 2.05) is 25.2 Å². The summed E-state index contributed by atoms with van der Waals surface area (Å²) in [4.78, 5) is 16.5. The van der Waals surface area contributed by atoms with Crippen molar-refractivity contribution in [1.82, 2.24) is 24.4 Å². The van der Waals surface area contributed by atoms with Gasteiger partial charge >= 0.3 is 0 Å². The highest BCUT2D eigenvalue weighted by atomic mass is 32.2. The molecule has 3 rings (SSSR count). The molecule has 0 aliphatic carbocycles. The first kappa shape index (κ1) is 19.7. The predicted octanol–water partition coefficient (Wildman–Crippen LogP) is 1.66. The molecule has 0 saturated carbocycles. The fourth-order valence-corrected chi connectivity index (χ4v) is 3.50. The van der Waals surface area contributed by atoms with Gasteiger partial charge in [-0.3, -0.25) is 14.5 Å². The van der Waals surface area contributed by atoms with E-state index in [1.54, 1.807) is 17.1 Å². The van der Waals surface area contributed by atoms with Gasteiger partial charge in [-0.1, -0.05) is 0 Å². The molecular formula is C19H21N5O3S. The zero-order valence-corrected chi connectivity index (χ0v) is 16.6. The number of nitrogens with zero attached hydrogens (tertiary/aromatic N) is 4. The van der Waals surface area contributed by atoms with Gasteiger partial charge < -0.3 is 5.32 Å². The Kier molecular flexibility index (Phi) is 5.57. The molecule has 8 nitrogen and oxygen atoms in total. The van der Waals surface area contributed by atoms with Crippen molar-refractivity contribution >= 4 is 15.9 Å². The molecule has 0 fully saturated rings. The minimum atomic E-state index is -3.52. The second-order valence-electron chi connectivity index (χ2n) is 6.37. The summed E-state index contributed by atoms with van der Waals surface area (Å²) < 4.78 is 27.0. The van der Waals surface area contributed by atoms with E-state index in [0.717, 1.165) is 21.3 Å². The molecule has 9 heteroatoms. The second-order valence-corrected chi connectivity index (χ2v) is 8.53. The summed E-state index contributed by atoms with van der Waals surface area (Å²) in [6.45, 7) is 0.297. The first-order valence-electron chi connectivity index (χ1n) is 8.53. The van der Waals surface area contributed by atoms with Gasteiger partial charge in [0, 0.05) is 44.7 Å². The lowest BCUT2D eigenvalue weighted by atomic mass is 10.2. The largest absolute Gasteiger partial charge is 0.346 e. The molecule has 0 bridgehead atoms. The number of aryl methyl sites for hydroxylation is 1. The topological polar surface area (TPSA) is 97.2 Å². The van der Waals surface area contributed by atoms with Crippen molar-refractivity contribution < 1.29 is 13.2 Å². The highest BCUT2D eigenvalue weighted by Gasteiger charge is 2.17. The van der Waals surface area contributed by atoms with Gasteiger partial charge in [0.1, 0.15) is 0 Å². The number of rotatable bonds is 6. The van der Waals surface area contributed by atoms with Gasteiger partial charge in [-0.2, -0.15) is 5.10 Å². The van der Waals surface area contributed by atoms with Crippen LogP contribution in [-0.2, 0) is 23.6 Å². The number of carbonyl (C=O) groups is 1.